The molecule has 0 radical (unpaired) electrons. The zero-order chi connectivity index (χ0) is 9.54. The first-order chi connectivity index (χ1) is 6.88. The minimum atomic E-state index is 0.539. The van der Waals surface area contributed by atoms with E-state index < -0.39 is 0 Å². The molecular formula is C11H20N2O. The summed E-state index contributed by atoms with van der Waals surface area (Å²) in [5, 5.41) is 3.38. The summed E-state index contributed by atoms with van der Waals surface area (Å²) in [4.78, 5) is 2.78. The molecule has 0 amide bonds. The average molecular weight is 196 g/mol. The molecule has 0 aromatic carbocycles. The van der Waals surface area contributed by atoms with E-state index in [4.69, 9.17) is 4.74 Å². The van der Waals surface area contributed by atoms with Crippen LogP contribution in [0.15, 0.2) is 0 Å². The summed E-state index contributed by atoms with van der Waals surface area (Å²) in [6.07, 6.45) is 5.88. The van der Waals surface area contributed by atoms with Crippen molar-refractivity contribution in [1.29, 1.82) is 0 Å². The zero-order valence-corrected chi connectivity index (χ0v) is 8.91. The summed E-state index contributed by atoms with van der Waals surface area (Å²) in [6, 6.07) is 2.49. The molecule has 0 aromatic heterocycles. The van der Waals surface area contributed by atoms with Crippen molar-refractivity contribution in [3.8, 4) is 0 Å². The van der Waals surface area contributed by atoms with E-state index in [0.29, 0.717) is 6.10 Å². The monoisotopic (exact) mass is 196 g/mol. The van der Waals surface area contributed by atoms with Crippen LogP contribution < -0.4 is 5.32 Å². The second-order valence-corrected chi connectivity index (χ2v) is 4.97. The predicted molar refractivity (Wildman–Crippen MR) is 55.3 cm³/mol. The van der Waals surface area contributed by atoms with Crippen molar-refractivity contribution in [3.05, 3.63) is 0 Å². The molecule has 2 bridgehead atoms. The highest BCUT2D eigenvalue weighted by atomic mass is 16.5. The fourth-order valence-electron chi connectivity index (χ4n) is 3.44. The highest BCUT2D eigenvalue weighted by molar-refractivity contribution is 5.01. The van der Waals surface area contributed by atoms with Crippen LogP contribution >= 0.6 is 0 Å². The van der Waals surface area contributed by atoms with Crippen LogP contribution in [-0.4, -0.2) is 49.3 Å². The van der Waals surface area contributed by atoms with Crippen molar-refractivity contribution in [2.24, 2.45) is 0 Å². The lowest BCUT2D eigenvalue weighted by Crippen LogP contribution is -2.62. The van der Waals surface area contributed by atoms with E-state index in [-0.39, 0.29) is 0 Å². The Morgan fingerprint density at radius 2 is 1.71 bits per heavy atom. The number of hydrogen-bond acceptors (Lipinski definition) is 3. The summed E-state index contributed by atoms with van der Waals surface area (Å²) in [7, 11) is 1.87. The summed E-state index contributed by atoms with van der Waals surface area (Å²) in [5.74, 6) is 0. The molecule has 3 heterocycles. The maximum Gasteiger partial charge on any atom is 0.0601 e. The lowest BCUT2D eigenvalue weighted by atomic mass is 9.95. The van der Waals surface area contributed by atoms with Crippen molar-refractivity contribution in [3.63, 3.8) is 0 Å². The first-order valence-electron chi connectivity index (χ1n) is 5.89. The van der Waals surface area contributed by atoms with Crippen LogP contribution in [0.5, 0.6) is 0 Å². The number of nitrogens with one attached hydrogen (secondary N) is 1. The SMILES string of the molecule is COC1C[C@H]2CC[C@@H](C1)N2C1CNC1. The number of nitrogens with zero attached hydrogens (tertiary/aromatic N) is 1. The van der Waals surface area contributed by atoms with Crippen molar-refractivity contribution >= 4 is 0 Å². The zero-order valence-electron chi connectivity index (χ0n) is 8.91. The topological polar surface area (TPSA) is 24.5 Å². The quantitative estimate of drug-likeness (QED) is 0.700. The van der Waals surface area contributed by atoms with Gasteiger partial charge < -0.3 is 10.1 Å². The molecule has 14 heavy (non-hydrogen) atoms. The molecule has 3 saturated heterocycles. The largest absolute Gasteiger partial charge is 0.381 e. The van der Waals surface area contributed by atoms with E-state index in [2.05, 4.69) is 10.2 Å². The molecule has 0 spiro atoms. The lowest BCUT2D eigenvalue weighted by Gasteiger charge is -2.46. The first-order valence-corrected chi connectivity index (χ1v) is 5.89. The van der Waals surface area contributed by atoms with Gasteiger partial charge in [0, 0.05) is 38.3 Å². The van der Waals surface area contributed by atoms with Gasteiger partial charge in [-0.3, -0.25) is 4.90 Å². The number of methoxy groups -OCH3 is 1. The summed E-state index contributed by atoms with van der Waals surface area (Å²) < 4.78 is 5.51. The number of ether oxygens (including phenoxy) is 1. The molecule has 1 unspecified atom stereocenters. The fraction of sp³-hybridized carbons (Fsp3) is 1.00. The molecule has 0 aliphatic carbocycles. The van der Waals surface area contributed by atoms with Crippen LogP contribution in [0.25, 0.3) is 0 Å². The highest BCUT2D eigenvalue weighted by Crippen LogP contribution is 2.38. The molecule has 3 atom stereocenters. The standard InChI is InChI=1S/C11H20N2O/c1-14-11-4-8-2-3-9(5-11)13(8)10-6-12-7-10/h8-12H,2-7H2,1H3/t8-,9+,11?. The third kappa shape index (κ3) is 1.30. The normalized spacial score (nSPS) is 43.9. The van der Waals surface area contributed by atoms with Crippen molar-refractivity contribution < 1.29 is 4.74 Å². The highest BCUT2D eigenvalue weighted by Gasteiger charge is 2.45. The summed E-state index contributed by atoms with van der Waals surface area (Å²) in [5.41, 5.74) is 0. The average Bonchev–Trinajstić information content (AvgIpc) is 2.38. The van der Waals surface area contributed by atoms with Crippen LogP contribution in [0.3, 0.4) is 0 Å². The van der Waals surface area contributed by atoms with Crippen LogP contribution in [0, 0.1) is 0 Å². The van der Waals surface area contributed by atoms with Gasteiger partial charge in [-0.15, -0.1) is 0 Å². The molecular weight excluding hydrogens is 176 g/mol. The Morgan fingerprint density at radius 1 is 1.07 bits per heavy atom. The summed E-state index contributed by atoms with van der Waals surface area (Å²) in [6.45, 7) is 2.43. The molecule has 1 N–H and O–H groups in total. The van der Waals surface area contributed by atoms with Gasteiger partial charge in [0.05, 0.1) is 6.10 Å². The third-order valence-corrected chi connectivity index (χ3v) is 4.26. The van der Waals surface area contributed by atoms with Crippen molar-refractivity contribution in [2.75, 3.05) is 20.2 Å². The van der Waals surface area contributed by atoms with Gasteiger partial charge in [0.15, 0.2) is 0 Å². The molecule has 0 aromatic rings. The lowest BCUT2D eigenvalue weighted by molar-refractivity contribution is -0.0225. The Morgan fingerprint density at radius 3 is 2.14 bits per heavy atom. The fourth-order valence-corrected chi connectivity index (χ4v) is 3.44. The van der Waals surface area contributed by atoms with Gasteiger partial charge in [-0.1, -0.05) is 0 Å². The van der Waals surface area contributed by atoms with Gasteiger partial charge in [-0.25, -0.2) is 0 Å². The molecule has 0 saturated carbocycles. The smallest absolute Gasteiger partial charge is 0.0601 e. The van der Waals surface area contributed by atoms with Gasteiger partial charge in [0.25, 0.3) is 0 Å². The van der Waals surface area contributed by atoms with Gasteiger partial charge in [0.1, 0.15) is 0 Å². The van der Waals surface area contributed by atoms with Gasteiger partial charge >= 0.3 is 0 Å². The Labute approximate surface area is 85.8 Å². The second kappa shape index (κ2) is 3.47. The maximum absolute atomic E-state index is 5.51. The molecule has 80 valence electrons. The first kappa shape index (κ1) is 9.13. The van der Waals surface area contributed by atoms with Crippen LogP contribution in [0.1, 0.15) is 25.7 Å². The van der Waals surface area contributed by atoms with Crippen molar-refractivity contribution in [2.45, 2.75) is 49.9 Å². The van der Waals surface area contributed by atoms with E-state index in [1.165, 1.54) is 38.8 Å². The van der Waals surface area contributed by atoms with Crippen LogP contribution in [0.4, 0.5) is 0 Å². The number of hydrogen-bond donors (Lipinski definition) is 1. The van der Waals surface area contributed by atoms with E-state index in [1.807, 2.05) is 7.11 Å². The molecule has 3 fully saturated rings. The van der Waals surface area contributed by atoms with E-state index in [9.17, 15) is 0 Å². The minimum absolute atomic E-state index is 0.539. The molecule has 3 aliphatic heterocycles. The van der Waals surface area contributed by atoms with Gasteiger partial charge in [-0.2, -0.15) is 0 Å². The van der Waals surface area contributed by atoms with Gasteiger partial charge in [-0.05, 0) is 25.7 Å². The molecule has 3 nitrogen and oxygen atoms in total. The molecule has 3 rings (SSSR count). The molecule has 3 aliphatic rings. The second-order valence-electron chi connectivity index (χ2n) is 4.97. The Balaban J connectivity index is 1.70. The van der Waals surface area contributed by atoms with Crippen LogP contribution in [0.2, 0.25) is 0 Å². The van der Waals surface area contributed by atoms with E-state index >= 15 is 0 Å². The minimum Gasteiger partial charge on any atom is -0.381 e. The van der Waals surface area contributed by atoms with E-state index in [1.54, 1.807) is 0 Å². The number of rotatable bonds is 2. The summed E-state index contributed by atoms with van der Waals surface area (Å²) >= 11 is 0. The third-order valence-electron chi connectivity index (χ3n) is 4.26. The number of fused-ring (bicyclic) bond motifs is 2. The van der Waals surface area contributed by atoms with Crippen molar-refractivity contribution in [1.82, 2.24) is 10.2 Å². The predicted octanol–water partition coefficient (Wildman–Crippen LogP) is 0.600. The Hall–Kier alpha value is -0.120. The number of piperidine rings is 1. The Kier molecular flexibility index (Phi) is 2.26. The van der Waals surface area contributed by atoms with E-state index in [0.717, 1.165) is 18.1 Å². The van der Waals surface area contributed by atoms with Crippen LogP contribution in [-0.2, 0) is 4.74 Å². The van der Waals surface area contributed by atoms with Gasteiger partial charge in [0.2, 0.25) is 0 Å². The Bertz CT molecular complexity index is 203. The molecule has 3 heteroatoms. The maximum atomic E-state index is 5.51.